The first-order valence-electron chi connectivity index (χ1n) is 10.1. The SMILES string of the molecule is CC(=O)OCCC(C)CCC1C(C(=O)O)=CCC2C(C)(C)CCCC12C. The number of carboxylic acid groups (broad SMARTS) is 1. The number of allylic oxidation sites excluding steroid dienone is 1. The van der Waals surface area contributed by atoms with Crippen molar-refractivity contribution in [3.05, 3.63) is 11.6 Å². The highest BCUT2D eigenvalue weighted by Gasteiger charge is 2.53. The molecule has 4 heteroatoms. The second kappa shape index (κ2) is 8.14. The molecule has 1 fully saturated rings. The van der Waals surface area contributed by atoms with Gasteiger partial charge in [-0.3, -0.25) is 4.79 Å². The van der Waals surface area contributed by atoms with Crippen molar-refractivity contribution in [2.75, 3.05) is 6.61 Å². The molecule has 0 heterocycles. The summed E-state index contributed by atoms with van der Waals surface area (Å²) in [7, 11) is 0. The summed E-state index contributed by atoms with van der Waals surface area (Å²) in [6, 6.07) is 0. The van der Waals surface area contributed by atoms with Crippen LogP contribution >= 0.6 is 0 Å². The Balaban J connectivity index is 2.11. The van der Waals surface area contributed by atoms with Gasteiger partial charge in [-0.2, -0.15) is 0 Å². The first-order chi connectivity index (χ1) is 12.1. The summed E-state index contributed by atoms with van der Waals surface area (Å²) in [5.74, 6) is 0.110. The molecule has 2 aliphatic carbocycles. The fourth-order valence-corrected chi connectivity index (χ4v) is 5.63. The highest BCUT2D eigenvalue weighted by molar-refractivity contribution is 5.87. The monoisotopic (exact) mass is 364 g/mol. The molecule has 1 saturated carbocycles. The molecule has 0 aliphatic heterocycles. The zero-order valence-corrected chi connectivity index (χ0v) is 17.1. The smallest absolute Gasteiger partial charge is 0.331 e. The van der Waals surface area contributed by atoms with Crippen LogP contribution in [0.2, 0.25) is 0 Å². The summed E-state index contributed by atoms with van der Waals surface area (Å²) in [4.78, 5) is 22.8. The average molecular weight is 365 g/mol. The molecular formula is C22H36O4. The van der Waals surface area contributed by atoms with Crippen LogP contribution in [0.5, 0.6) is 0 Å². The molecule has 0 bridgehead atoms. The molecule has 1 N–H and O–H groups in total. The lowest BCUT2D eigenvalue weighted by Gasteiger charge is -2.56. The summed E-state index contributed by atoms with van der Waals surface area (Å²) in [6.07, 6.45) is 9.16. The van der Waals surface area contributed by atoms with Crippen LogP contribution < -0.4 is 0 Å². The van der Waals surface area contributed by atoms with E-state index in [1.807, 2.05) is 6.08 Å². The van der Waals surface area contributed by atoms with Crippen molar-refractivity contribution in [3.63, 3.8) is 0 Å². The third-order valence-corrected chi connectivity index (χ3v) is 7.13. The Morgan fingerprint density at radius 2 is 1.96 bits per heavy atom. The van der Waals surface area contributed by atoms with Crippen LogP contribution in [0.1, 0.15) is 79.6 Å². The maximum absolute atomic E-state index is 11.9. The molecule has 0 radical (unpaired) electrons. The Labute approximate surface area is 158 Å². The third-order valence-electron chi connectivity index (χ3n) is 7.13. The molecule has 2 aliphatic rings. The van der Waals surface area contributed by atoms with E-state index in [-0.39, 0.29) is 22.7 Å². The van der Waals surface area contributed by atoms with Crippen LogP contribution in [0.15, 0.2) is 11.6 Å². The number of hydrogen-bond acceptors (Lipinski definition) is 3. The molecule has 0 aromatic carbocycles. The lowest BCUT2D eigenvalue weighted by molar-refractivity contribution is -0.141. The van der Waals surface area contributed by atoms with Gasteiger partial charge in [0, 0.05) is 12.5 Å². The zero-order chi connectivity index (χ0) is 19.5. The molecule has 4 unspecified atom stereocenters. The summed E-state index contributed by atoms with van der Waals surface area (Å²) in [5, 5.41) is 9.79. The largest absolute Gasteiger partial charge is 0.478 e. The quantitative estimate of drug-likeness (QED) is 0.629. The van der Waals surface area contributed by atoms with Gasteiger partial charge in [-0.25, -0.2) is 4.79 Å². The van der Waals surface area contributed by atoms with Crippen molar-refractivity contribution in [1.82, 2.24) is 0 Å². The molecule has 0 aromatic heterocycles. The highest BCUT2D eigenvalue weighted by atomic mass is 16.5. The molecule has 148 valence electrons. The van der Waals surface area contributed by atoms with Gasteiger partial charge < -0.3 is 9.84 Å². The molecule has 0 spiro atoms. The minimum absolute atomic E-state index is 0.0693. The highest BCUT2D eigenvalue weighted by Crippen LogP contribution is 2.60. The zero-order valence-electron chi connectivity index (χ0n) is 17.1. The van der Waals surface area contributed by atoms with Crippen LogP contribution in [0, 0.1) is 28.6 Å². The predicted molar refractivity (Wildman–Crippen MR) is 103 cm³/mol. The van der Waals surface area contributed by atoms with Gasteiger partial charge >= 0.3 is 11.9 Å². The number of aliphatic carboxylic acids is 1. The minimum Gasteiger partial charge on any atom is -0.478 e. The molecule has 0 amide bonds. The van der Waals surface area contributed by atoms with Gasteiger partial charge in [0.25, 0.3) is 0 Å². The van der Waals surface area contributed by atoms with E-state index in [4.69, 9.17) is 4.74 Å². The first kappa shape index (κ1) is 21.0. The number of carbonyl (C=O) groups excluding carboxylic acids is 1. The molecular weight excluding hydrogens is 328 g/mol. The van der Waals surface area contributed by atoms with Crippen molar-refractivity contribution in [2.24, 2.45) is 28.6 Å². The fraction of sp³-hybridized carbons (Fsp3) is 0.818. The van der Waals surface area contributed by atoms with E-state index in [0.29, 0.717) is 24.0 Å². The first-order valence-corrected chi connectivity index (χ1v) is 10.1. The molecule has 4 nitrogen and oxygen atoms in total. The summed E-state index contributed by atoms with van der Waals surface area (Å²) >= 11 is 0. The second-order valence-electron chi connectivity index (χ2n) is 9.46. The molecule has 4 atom stereocenters. The molecule has 0 saturated heterocycles. The van der Waals surface area contributed by atoms with Gasteiger partial charge in [-0.1, -0.05) is 40.2 Å². The minimum atomic E-state index is -0.745. The fourth-order valence-electron chi connectivity index (χ4n) is 5.63. The van der Waals surface area contributed by atoms with Gasteiger partial charge in [0.15, 0.2) is 0 Å². The van der Waals surface area contributed by atoms with Gasteiger partial charge in [-0.15, -0.1) is 0 Å². The molecule has 26 heavy (non-hydrogen) atoms. The van der Waals surface area contributed by atoms with Crippen LogP contribution in [0.25, 0.3) is 0 Å². The van der Waals surface area contributed by atoms with E-state index >= 15 is 0 Å². The van der Waals surface area contributed by atoms with Crippen molar-refractivity contribution < 1.29 is 19.4 Å². The van der Waals surface area contributed by atoms with E-state index in [1.54, 1.807) is 0 Å². The van der Waals surface area contributed by atoms with Crippen molar-refractivity contribution in [2.45, 2.75) is 79.6 Å². The number of carboxylic acids is 1. The normalized spacial score (nSPS) is 31.5. The Hall–Kier alpha value is -1.32. The topological polar surface area (TPSA) is 63.6 Å². The van der Waals surface area contributed by atoms with Crippen LogP contribution in [0.3, 0.4) is 0 Å². The predicted octanol–water partition coefficient (Wildman–Crippen LogP) is 5.22. The number of fused-ring (bicyclic) bond motifs is 1. The lowest BCUT2D eigenvalue weighted by Crippen LogP contribution is -2.49. The Kier molecular flexibility index (Phi) is 6.57. The van der Waals surface area contributed by atoms with E-state index in [2.05, 4.69) is 27.7 Å². The lowest BCUT2D eigenvalue weighted by atomic mass is 9.48. The van der Waals surface area contributed by atoms with Gasteiger partial charge in [0.2, 0.25) is 0 Å². The Morgan fingerprint density at radius 3 is 2.58 bits per heavy atom. The standard InChI is InChI=1S/C22H36O4/c1-15(11-14-26-16(2)23)7-9-18-17(20(24)25)8-10-19-21(3,4)12-6-13-22(18,19)5/h8,15,18-19H,6-7,9-14H2,1-5H3,(H,24,25). The summed E-state index contributed by atoms with van der Waals surface area (Å²) in [6.45, 7) is 11.1. The van der Waals surface area contributed by atoms with Crippen LogP contribution in [0.4, 0.5) is 0 Å². The van der Waals surface area contributed by atoms with Crippen molar-refractivity contribution >= 4 is 11.9 Å². The third kappa shape index (κ3) is 4.50. The van der Waals surface area contributed by atoms with E-state index in [9.17, 15) is 14.7 Å². The number of rotatable bonds is 7. The number of ether oxygens (including phenoxy) is 1. The van der Waals surface area contributed by atoms with Gasteiger partial charge in [-0.05, 0) is 67.1 Å². The maximum Gasteiger partial charge on any atom is 0.331 e. The summed E-state index contributed by atoms with van der Waals surface area (Å²) in [5.41, 5.74) is 0.973. The Bertz CT molecular complexity index is 562. The molecule has 2 rings (SSSR count). The number of hydrogen-bond donors (Lipinski definition) is 1. The maximum atomic E-state index is 11.9. The van der Waals surface area contributed by atoms with Gasteiger partial charge in [0.05, 0.1) is 6.61 Å². The number of carbonyl (C=O) groups is 2. The van der Waals surface area contributed by atoms with E-state index < -0.39 is 5.97 Å². The number of esters is 1. The average Bonchev–Trinajstić information content (AvgIpc) is 2.51. The van der Waals surface area contributed by atoms with Gasteiger partial charge in [0.1, 0.15) is 0 Å². The van der Waals surface area contributed by atoms with Crippen LogP contribution in [-0.2, 0) is 14.3 Å². The Morgan fingerprint density at radius 1 is 1.27 bits per heavy atom. The van der Waals surface area contributed by atoms with Crippen molar-refractivity contribution in [3.8, 4) is 0 Å². The van der Waals surface area contributed by atoms with E-state index in [1.165, 1.54) is 19.8 Å². The van der Waals surface area contributed by atoms with Crippen LogP contribution in [-0.4, -0.2) is 23.7 Å². The summed E-state index contributed by atoms with van der Waals surface area (Å²) < 4.78 is 5.05. The van der Waals surface area contributed by atoms with Crippen molar-refractivity contribution in [1.29, 1.82) is 0 Å². The van der Waals surface area contributed by atoms with E-state index in [0.717, 1.165) is 32.1 Å². The second-order valence-corrected chi connectivity index (χ2v) is 9.46. The molecule has 0 aromatic rings.